The number of nitrogens with zero attached hydrogens (tertiary/aromatic N) is 2. The lowest BCUT2D eigenvalue weighted by Crippen LogP contribution is -2.25. The molecule has 1 aromatic carbocycles. The summed E-state index contributed by atoms with van der Waals surface area (Å²) in [6.07, 6.45) is 2.81. The fourth-order valence-electron chi connectivity index (χ4n) is 2.42. The molecule has 0 fully saturated rings. The molecular formula is C16H22ClN3O. The maximum Gasteiger partial charge on any atom is 0.161 e. The van der Waals surface area contributed by atoms with Crippen LogP contribution in [-0.2, 0) is 7.05 Å². The van der Waals surface area contributed by atoms with E-state index in [-0.39, 0.29) is 6.04 Å². The van der Waals surface area contributed by atoms with Crippen molar-refractivity contribution in [3.05, 3.63) is 46.2 Å². The van der Waals surface area contributed by atoms with E-state index in [4.69, 9.17) is 16.3 Å². The summed E-state index contributed by atoms with van der Waals surface area (Å²) in [6, 6.07) is 6.13. The molecule has 0 bridgehead atoms. The van der Waals surface area contributed by atoms with Crippen LogP contribution in [0.3, 0.4) is 0 Å². The van der Waals surface area contributed by atoms with Crippen LogP contribution in [0.25, 0.3) is 0 Å². The number of aromatic nitrogens is 2. The molecule has 1 unspecified atom stereocenters. The van der Waals surface area contributed by atoms with E-state index in [1.165, 1.54) is 0 Å². The number of hydrogen-bond acceptors (Lipinski definition) is 3. The van der Waals surface area contributed by atoms with Crippen LogP contribution in [0.5, 0.6) is 5.75 Å². The Bertz CT molecular complexity index is 610. The molecule has 0 saturated heterocycles. The lowest BCUT2D eigenvalue weighted by atomic mass is 10.0. The Balaban J connectivity index is 2.46. The van der Waals surface area contributed by atoms with Crippen molar-refractivity contribution in [1.82, 2.24) is 15.1 Å². The van der Waals surface area contributed by atoms with E-state index in [2.05, 4.69) is 29.5 Å². The van der Waals surface area contributed by atoms with E-state index in [0.717, 1.165) is 40.6 Å². The van der Waals surface area contributed by atoms with Crippen molar-refractivity contribution in [3.8, 4) is 5.75 Å². The van der Waals surface area contributed by atoms with Gasteiger partial charge in [-0.25, -0.2) is 0 Å². The van der Waals surface area contributed by atoms with Crippen LogP contribution in [0.4, 0.5) is 0 Å². The largest absolute Gasteiger partial charge is 0.493 e. The first-order valence-corrected chi connectivity index (χ1v) is 7.51. The fourth-order valence-corrected chi connectivity index (χ4v) is 2.54. The zero-order valence-corrected chi connectivity index (χ0v) is 13.7. The number of aryl methyl sites for hydroxylation is 2. The Labute approximate surface area is 131 Å². The van der Waals surface area contributed by atoms with Crippen molar-refractivity contribution in [2.75, 3.05) is 13.7 Å². The highest BCUT2D eigenvalue weighted by molar-refractivity contribution is 6.31. The van der Waals surface area contributed by atoms with Crippen LogP contribution < -0.4 is 10.1 Å². The van der Waals surface area contributed by atoms with Gasteiger partial charge in [0.05, 0.1) is 19.3 Å². The number of benzene rings is 1. The summed E-state index contributed by atoms with van der Waals surface area (Å²) >= 11 is 6.14. The highest BCUT2D eigenvalue weighted by atomic mass is 35.5. The SMILES string of the molecule is CCCNC(c1ccc(Cl)c(C)c1)c1c(OC)cnn1C. The van der Waals surface area contributed by atoms with Crippen LogP contribution in [0.15, 0.2) is 24.4 Å². The monoisotopic (exact) mass is 307 g/mol. The van der Waals surface area contributed by atoms with Crippen LogP contribution in [0, 0.1) is 6.92 Å². The summed E-state index contributed by atoms with van der Waals surface area (Å²) in [5.41, 5.74) is 3.25. The molecule has 1 heterocycles. The van der Waals surface area contributed by atoms with Crippen molar-refractivity contribution in [2.45, 2.75) is 26.3 Å². The molecule has 2 aromatic rings. The second kappa shape index (κ2) is 6.96. The molecule has 1 atom stereocenters. The van der Waals surface area contributed by atoms with Gasteiger partial charge in [0.15, 0.2) is 5.75 Å². The minimum Gasteiger partial charge on any atom is -0.493 e. The number of nitrogens with one attached hydrogen (secondary N) is 1. The Morgan fingerprint density at radius 2 is 2.19 bits per heavy atom. The van der Waals surface area contributed by atoms with Gasteiger partial charge >= 0.3 is 0 Å². The van der Waals surface area contributed by atoms with Crippen LogP contribution in [0.2, 0.25) is 5.02 Å². The van der Waals surface area contributed by atoms with Gasteiger partial charge in [-0.05, 0) is 37.1 Å². The number of methoxy groups -OCH3 is 1. The van der Waals surface area contributed by atoms with Gasteiger partial charge < -0.3 is 10.1 Å². The minimum absolute atomic E-state index is 0.0309. The number of hydrogen-bond donors (Lipinski definition) is 1. The van der Waals surface area contributed by atoms with E-state index in [1.807, 2.05) is 24.7 Å². The van der Waals surface area contributed by atoms with E-state index in [1.54, 1.807) is 13.3 Å². The summed E-state index contributed by atoms with van der Waals surface area (Å²) in [4.78, 5) is 0. The average Bonchev–Trinajstić information content (AvgIpc) is 2.84. The standard InChI is InChI=1S/C16H22ClN3O/c1-5-8-18-15(12-6-7-13(17)11(2)9-12)16-14(21-4)10-19-20(16)3/h6-7,9-10,15,18H,5,8H2,1-4H3. The first-order chi connectivity index (χ1) is 10.1. The quantitative estimate of drug-likeness (QED) is 0.888. The first-order valence-electron chi connectivity index (χ1n) is 7.13. The van der Waals surface area contributed by atoms with Gasteiger partial charge in [-0.3, -0.25) is 4.68 Å². The highest BCUT2D eigenvalue weighted by Crippen LogP contribution is 2.31. The van der Waals surface area contributed by atoms with Crippen molar-refractivity contribution >= 4 is 11.6 Å². The van der Waals surface area contributed by atoms with Crippen molar-refractivity contribution in [3.63, 3.8) is 0 Å². The first kappa shape index (κ1) is 15.9. The number of rotatable bonds is 6. The fraction of sp³-hybridized carbons (Fsp3) is 0.438. The summed E-state index contributed by atoms with van der Waals surface area (Å²) in [6.45, 7) is 5.08. The lowest BCUT2D eigenvalue weighted by molar-refractivity contribution is 0.400. The van der Waals surface area contributed by atoms with Gasteiger partial charge in [0.2, 0.25) is 0 Å². The second-order valence-electron chi connectivity index (χ2n) is 5.12. The maximum absolute atomic E-state index is 6.14. The average molecular weight is 308 g/mol. The van der Waals surface area contributed by atoms with Crippen molar-refractivity contribution in [1.29, 1.82) is 0 Å². The van der Waals surface area contributed by atoms with Gasteiger partial charge in [-0.15, -0.1) is 0 Å². The van der Waals surface area contributed by atoms with E-state index < -0.39 is 0 Å². The minimum atomic E-state index is 0.0309. The molecule has 1 N–H and O–H groups in total. The van der Waals surface area contributed by atoms with Crippen LogP contribution in [-0.4, -0.2) is 23.4 Å². The Morgan fingerprint density at radius 1 is 1.43 bits per heavy atom. The van der Waals surface area contributed by atoms with E-state index in [9.17, 15) is 0 Å². The Hall–Kier alpha value is -1.52. The summed E-state index contributed by atoms with van der Waals surface area (Å²) in [5, 5.41) is 8.66. The molecule has 0 amide bonds. The van der Waals surface area contributed by atoms with Gasteiger partial charge in [-0.2, -0.15) is 5.10 Å². The maximum atomic E-state index is 6.14. The molecule has 0 spiro atoms. The lowest BCUT2D eigenvalue weighted by Gasteiger charge is -2.21. The molecule has 0 saturated carbocycles. The molecular weight excluding hydrogens is 286 g/mol. The summed E-state index contributed by atoms with van der Waals surface area (Å²) in [5.74, 6) is 0.790. The number of ether oxygens (including phenoxy) is 1. The van der Waals surface area contributed by atoms with Gasteiger partial charge in [0.1, 0.15) is 5.69 Å². The molecule has 0 aliphatic carbocycles. The smallest absolute Gasteiger partial charge is 0.161 e. The molecule has 114 valence electrons. The summed E-state index contributed by atoms with van der Waals surface area (Å²) < 4.78 is 7.31. The molecule has 4 nitrogen and oxygen atoms in total. The normalized spacial score (nSPS) is 12.4. The Morgan fingerprint density at radius 3 is 2.81 bits per heavy atom. The Kier molecular flexibility index (Phi) is 5.26. The van der Waals surface area contributed by atoms with Gasteiger partial charge in [-0.1, -0.05) is 30.7 Å². The molecule has 0 aliphatic heterocycles. The summed E-state index contributed by atoms with van der Waals surface area (Å²) in [7, 11) is 3.60. The van der Waals surface area contributed by atoms with E-state index in [0.29, 0.717) is 0 Å². The van der Waals surface area contributed by atoms with Crippen LogP contribution in [0.1, 0.15) is 36.2 Å². The molecule has 21 heavy (non-hydrogen) atoms. The molecule has 1 aromatic heterocycles. The molecule has 5 heteroatoms. The topological polar surface area (TPSA) is 39.1 Å². The second-order valence-corrected chi connectivity index (χ2v) is 5.52. The third-order valence-electron chi connectivity index (χ3n) is 3.56. The molecule has 0 radical (unpaired) electrons. The zero-order chi connectivity index (χ0) is 15.4. The predicted molar refractivity (Wildman–Crippen MR) is 86.1 cm³/mol. The molecule has 2 rings (SSSR count). The van der Waals surface area contributed by atoms with Crippen molar-refractivity contribution < 1.29 is 4.74 Å². The third kappa shape index (κ3) is 3.39. The van der Waals surface area contributed by atoms with Gasteiger partial charge in [0, 0.05) is 12.1 Å². The van der Waals surface area contributed by atoms with Gasteiger partial charge in [0.25, 0.3) is 0 Å². The van der Waals surface area contributed by atoms with Crippen molar-refractivity contribution in [2.24, 2.45) is 7.05 Å². The van der Waals surface area contributed by atoms with Crippen LogP contribution >= 0.6 is 11.6 Å². The highest BCUT2D eigenvalue weighted by Gasteiger charge is 2.22. The zero-order valence-electron chi connectivity index (χ0n) is 13.0. The van der Waals surface area contributed by atoms with E-state index >= 15 is 0 Å². The molecule has 0 aliphatic rings. The predicted octanol–water partition coefficient (Wildman–Crippen LogP) is 3.48. The third-order valence-corrected chi connectivity index (χ3v) is 3.98. The number of halogens is 1.